The summed E-state index contributed by atoms with van der Waals surface area (Å²) in [5.41, 5.74) is 2.62. The van der Waals surface area contributed by atoms with E-state index in [1.165, 1.54) is 12.8 Å². The molecule has 1 saturated carbocycles. The van der Waals surface area contributed by atoms with Gasteiger partial charge in [-0.3, -0.25) is 9.79 Å². The van der Waals surface area contributed by atoms with E-state index in [1.807, 2.05) is 35.5 Å². The van der Waals surface area contributed by atoms with Gasteiger partial charge in [0.15, 0.2) is 0 Å². The number of nitrogens with zero attached hydrogens (tertiary/aromatic N) is 3. The van der Waals surface area contributed by atoms with Crippen LogP contribution in [0.5, 0.6) is 0 Å². The normalized spacial score (nSPS) is 21.6. The van der Waals surface area contributed by atoms with Crippen LogP contribution in [-0.4, -0.2) is 53.8 Å². The van der Waals surface area contributed by atoms with Gasteiger partial charge in [-0.25, -0.2) is 4.79 Å². The van der Waals surface area contributed by atoms with Gasteiger partial charge in [-0.2, -0.15) is 0 Å². The molecule has 7 heteroatoms. The largest absolute Gasteiger partial charge is 0.333 e. The predicted octanol–water partition coefficient (Wildman–Crippen LogP) is 4.06. The minimum atomic E-state index is -0.109. The van der Waals surface area contributed by atoms with E-state index < -0.39 is 0 Å². The first-order valence-electron chi connectivity index (χ1n) is 11.0. The molecular formula is C23H31N5O2. The molecule has 30 heavy (non-hydrogen) atoms. The van der Waals surface area contributed by atoms with E-state index in [9.17, 15) is 9.59 Å². The van der Waals surface area contributed by atoms with Crippen molar-refractivity contribution >= 4 is 29.7 Å². The number of hydrogen-bond acceptors (Lipinski definition) is 4. The van der Waals surface area contributed by atoms with Crippen molar-refractivity contribution in [2.24, 2.45) is 10.9 Å². The second kappa shape index (κ2) is 9.32. The molecule has 4 rings (SSSR count). The van der Waals surface area contributed by atoms with E-state index in [2.05, 4.69) is 33.5 Å². The van der Waals surface area contributed by atoms with Gasteiger partial charge in [-0.05, 0) is 56.4 Å². The van der Waals surface area contributed by atoms with E-state index in [1.54, 1.807) is 0 Å². The smallest absolute Gasteiger partial charge is 0.322 e. The number of piperazine rings is 1. The summed E-state index contributed by atoms with van der Waals surface area (Å²) >= 11 is 0. The highest BCUT2D eigenvalue weighted by atomic mass is 16.2. The summed E-state index contributed by atoms with van der Waals surface area (Å²) in [6.07, 6.45) is 10.4. The number of anilines is 2. The van der Waals surface area contributed by atoms with Crippen molar-refractivity contribution in [2.75, 3.05) is 30.3 Å². The van der Waals surface area contributed by atoms with Crippen molar-refractivity contribution in [1.29, 1.82) is 0 Å². The lowest BCUT2D eigenvalue weighted by Gasteiger charge is -2.35. The van der Waals surface area contributed by atoms with Crippen LogP contribution >= 0.6 is 0 Å². The number of fused-ring (bicyclic) bond motifs is 1. The van der Waals surface area contributed by atoms with E-state index >= 15 is 0 Å². The van der Waals surface area contributed by atoms with E-state index in [0.717, 1.165) is 42.9 Å². The Balaban J connectivity index is 1.28. The molecule has 3 amide bonds. The first-order valence-corrected chi connectivity index (χ1v) is 11.0. The Labute approximate surface area is 178 Å². The van der Waals surface area contributed by atoms with E-state index in [4.69, 9.17) is 0 Å². The lowest BCUT2D eigenvalue weighted by Crippen LogP contribution is -2.48. The number of carbonyl (C=O) groups is 2. The molecule has 1 aromatic rings. The van der Waals surface area contributed by atoms with Crippen LogP contribution in [0.1, 0.15) is 45.4 Å². The van der Waals surface area contributed by atoms with Crippen LogP contribution in [0.15, 0.2) is 41.0 Å². The van der Waals surface area contributed by atoms with Gasteiger partial charge in [0.1, 0.15) is 0 Å². The Morgan fingerprint density at radius 1 is 1.07 bits per heavy atom. The van der Waals surface area contributed by atoms with Gasteiger partial charge in [0.2, 0.25) is 5.91 Å². The summed E-state index contributed by atoms with van der Waals surface area (Å²) in [5.74, 6) is 0.605. The van der Waals surface area contributed by atoms with Gasteiger partial charge < -0.3 is 20.4 Å². The SMILES string of the molecule is CC1CC=C2CN(C(=O)Nc3ccc(NC(=O)CC4CCCC4)cc3)CCN2C=N1. The molecule has 2 N–H and O–H groups in total. The molecule has 3 aliphatic rings. The number of urea groups is 1. The zero-order chi connectivity index (χ0) is 20.9. The van der Waals surface area contributed by atoms with Gasteiger partial charge in [-0.1, -0.05) is 18.9 Å². The highest BCUT2D eigenvalue weighted by molar-refractivity contribution is 5.92. The third-order valence-corrected chi connectivity index (χ3v) is 6.14. The van der Waals surface area contributed by atoms with Gasteiger partial charge in [-0.15, -0.1) is 0 Å². The second-order valence-electron chi connectivity index (χ2n) is 8.57. The van der Waals surface area contributed by atoms with E-state index in [-0.39, 0.29) is 18.0 Å². The molecule has 2 heterocycles. The maximum absolute atomic E-state index is 12.7. The summed E-state index contributed by atoms with van der Waals surface area (Å²) in [5, 5.41) is 5.93. The van der Waals surface area contributed by atoms with Crippen LogP contribution in [0.4, 0.5) is 16.2 Å². The summed E-state index contributed by atoms with van der Waals surface area (Å²) in [4.78, 5) is 33.4. The van der Waals surface area contributed by atoms with Crippen LogP contribution < -0.4 is 10.6 Å². The summed E-state index contributed by atoms with van der Waals surface area (Å²) in [6.45, 7) is 4.08. The Morgan fingerprint density at radius 3 is 2.50 bits per heavy atom. The minimum absolute atomic E-state index is 0.0751. The van der Waals surface area contributed by atoms with Crippen molar-refractivity contribution in [1.82, 2.24) is 9.80 Å². The fourth-order valence-electron chi connectivity index (χ4n) is 4.31. The summed E-state index contributed by atoms with van der Waals surface area (Å²) in [7, 11) is 0. The molecule has 7 nitrogen and oxygen atoms in total. The van der Waals surface area contributed by atoms with Gasteiger partial charge >= 0.3 is 6.03 Å². The molecule has 160 valence electrons. The van der Waals surface area contributed by atoms with Crippen LogP contribution in [0.3, 0.4) is 0 Å². The monoisotopic (exact) mass is 409 g/mol. The molecule has 1 unspecified atom stereocenters. The molecule has 2 aliphatic heterocycles. The number of hydrogen-bond donors (Lipinski definition) is 2. The number of aliphatic imine (C=N–C) groups is 1. The van der Waals surface area contributed by atoms with E-state index in [0.29, 0.717) is 25.4 Å². The zero-order valence-electron chi connectivity index (χ0n) is 17.6. The number of amides is 3. The molecule has 1 aromatic carbocycles. The standard InChI is InChI=1S/C23H31N5O2/c1-17-6-11-21-15-27(12-13-28(21)16-24-17)23(30)26-20-9-7-19(8-10-20)25-22(29)14-18-4-2-3-5-18/h7-11,16-18H,2-6,12-15H2,1H3,(H,25,29)(H,26,30). The van der Waals surface area contributed by atoms with Crippen molar-refractivity contribution in [3.05, 3.63) is 36.0 Å². The van der Waals surface area contributed by atoms with Gasteiger partial charge in [0.25, 0.3) is 0 Å². The lowest BCUT2D eigenvalue weighted by atomic mass is 10.0. The number of benzene rings is 1. The third-order valence-electron chi connectivity index (χ3n) is 6.14. The maximum Gasteiger partial charge on any atom is 0.322 e. The van der Waals surface area contributed by atoms with Crippen molar-refractivity contribution in [2.45, 2.75) is 51.5 Å². The van der Waals surface area contributed by atoms with Crippen LogP contribution in [-0.2, 0) is 4.79 Å². The number of rotatable bonds is 4. The molecule has 1 saturated heterocycles. The molecule has 0 aromatic heterocycles. The fraction of sp³-hybridized carbons (Fsp3) is 0.522. The maximum atomic E-state index is 12.7. The fourth-order valence-corrected chi connectivity index (χ4v) is 4.31. The van der Waals surface area contributed by atoms with Crippen LogP contribution in [0.2, 0.25) is 0 Å². The Bertz CT molecular complexity index is 827. The average molecular weight is 410 g/mol. The van der Waals surface area contributed by atoms with Crippen molar-refractivity contribution in [3.8, 4) is 0 Å². The zero-order valence-corrected chi connectivity index (χ0v) is 17.6. The first-order chi connectivity index (χ1) is 14.6. The van der Waals surface area contributed by atoms with Gasteiger partial charge in [0.05, 0.1) is 18.9 Å². The Kier molecular flexibility index (Phi) is 6.35. The molecule has 0 bridgehead atoms. The Hall–Kier alpha value is -2.83. The highest BCUT2D eigenvalue weighted by Crippen LogP contribution is 2.28. The molecule has 0 spiro atoms. The Morgan fingerprint density at radius 2 is 1.77 bits per heavy atom. The minimum Gasteiger partial charge on any atom is -0.333 e. The van der Waals surface area contributed by atoms with Crippen molar-refractivity contribution in [3.63, 3.8) is 0 Å². The quantitative estimate of drug-likeness (QED) is 0.787. The average Bonchev–Trinajstić information content (AvgIpc) is 3.17. The van der Waals surface area contributed by atoms with Crippen LogP contribution in [0.25, 0.3) is 0 Å². The van der Waals surface area contributed by atoms with Crippen LogP contribution in [0, 0.1) is 5.92 Å². The number of carbonyl (C=O) groups excluding carboxylic acids is 2. The number of nitrogens with one attached hydrogen (secondary N) is 2. The second-order valence-corrected chi connectivity index (χ2v) is 8.57. The third kappa shape index (κ3) is 5.20. The molecule has 0 radical (unpaired) electrons. The summed E-state index contributed by atoms with van der Waals surface area (Å²) in [6, 6.07) is 7.51. The lowest BCUT2D eigenvalue weighted by molar-refractivity contribution is -0.117. The van der Waals surface area contributed by atoms with Gasteiger partial charge in [0, 0.05) is 36.6 Å². The topological polar surface area (TPSA) is 77.0 Å². The molecule has 1 atom stereocenters. The molecular weight excluding hydrogens is 378 g/mol. The highest BCUT2D eigenvalue weighted by Gasteiger charge is 2.25. The summed E-state index contributed by atoms with van der Waals surface area (Å²) < 4.78 is 0. The molecule has 2 fully saturated rings. The predicted molar refractivity (Wildman–Crippen MR) is 120 cm³/mol. The molecule has 1 aliphatic carbocycles. The van der Waals surface area contributed by atoms with Crippen molar-refractivity contribution < 1.29 is 9.59 Å². The first kappa shape index (κ1) is 20.4.